The van der Waals surface area contributed by atoms with Crippen molar-refractivity contribution in [1.29, 1.82) is 0 Å². The standard InChI is InChI=1S/C12H17N5O5/c1-4(18)7-8(21-2)6(19)11(22-7)17-3-14-5-9(17)15-12(13)16-10(5)20/h3-4,6-8,11,18-19H,1-2H3,(H3,13,15,16,20). The molecule has 0 spiro atoms. The summed E-state index contributed by atoms with van der Waals surface area (Å²) in [4.78, 5) is 22.1. The summed E-state index contributed by atoms with van der Waals surface area (Å²) in [6.45, 7) is 1.54. The lowest BCUT2D eigenvalue weighted by atomic mass is 10.1. The highest BCUT2D eigenvalue weighted by atomic mass is 16.6. The number of aromatic nitrogens is 4. The number of imidazole rings is 1. The smallest absolute Gasteiger partial charge is 0.280 e. The van der Waals surface area contributed by atoms with E-state index in [2.05, 4.69) is 15.0 Å². The van der Waals surface area contributed by atoms with Crippen molar-refractivity contribution in [2.75, 3.05) is 12.8 Å². The fraction of sp³-hybridized carbons (Fsp3) is 0.583. The summed E-state index contributed by atoms with van der Waals surface area (Å²) < 4.78 is 12.3. The molecule has 120 valence electrons. The summed E-state index contributed by atoms with van der Waals surface area (Å²) in [6, 6.07) is 0. The molecule has 1 aliphatic rings. The zero-order chi connectivity index (χ0) is 16.0. The number of ether oxygens (including phenoxy) is 2. The van der Waals surface area contributed by atoms with Crippen LogP contribution < -0.4 is 11.3 Å². The molecule has 1 fully saturated rings. The Bertz CT molecular complexity index is 741. The molecule has 1 saturated heterocycles. The average molecular weight is 311 g/mol. The zero-order valence-electron chi connectivity index (χ0n) is 12.0. The molecule has 2 aromatic heterocycles. The number of hydrogen-bond acceptors (Lipinski definition) is 8. The number of aliphatic hydroxyl groups is 2. The molecule has 0 aliphatic carbocycles. The van der Waals surface area contributed by atoms with Crippen LogP contribution in [0.2, 0.25) is 0 Å². The van der Waals surface area contributed by atoms with E-state index in [4.69, 9.17) is 15.2 Å². The molecule has 0 bridgehead atoms. The van der Waals surface area contributed by atoms with Gasteiger partial charge in [0, 0.05) is 7.11 Å². The van der Waals surface area contributed by atoms with E-state index in [1.807, 2.05) is 0 Å². The minimum absolute atomic E-state index is 0.0675. The van der Waals surface area contributed by atoms with Crippen LogP contribution in [0.4, 0.5) is 5.95 Å². The van der Waals surface area contributed by atoms with Crippen LogP contribution in [0.15, 0.2) is 11.1 Å². The van der Waals surface area contributed by atoms with Gasteiger partial charge in [-0.1, -0.05) is 0 Å². The van der Waals surface area contributed by atoms with Crippen molar-refractivity contribution in [3.8, 4) is 0 Å². The molecule has 5 unspecified atom stereocenters. The van der Waals surface area contributed by atoms with Gasteiger partial charge in [0.1, 0.15) is 18.3 Å². The summed E-state index contributed by atoms with van der Waals surface area (Å²) in [5, 5.41) is 20.1. The maximum atomic E-state index is 11.8. The molecule has 0 saturated carbocycles. The van der Waals surface area contributed by atoms with Gasteiger partial charge in [0.2, 0.25) is 5.95 Å². The van der Waals surface area contributed by atoms with Gasteiger partial charge < -0.3 is 25.4 Å². The van der Waals surface area contributed by atoms with Gasteiger partial charge in [-0.3, -0.25) is 14.3 Å². The number of anilines is 1. The molecule has 3 heterocycles. The second kappa shape index (κ2) is 5.32. The third-order valence-corrected chi connectivity index (χ3v) is 3.72. The van der Waals surface area contributed by atoms with Crippen LogP contribution in [0.25, 0.3) is 11.2 Å². The van der Waals surface area contributed by atoms with E-state index in [0.29, 0.717) is 0 Å². The minimum Gasteiger partial charge on any atom is -0.391 e. The summed E-state index contributed by atoms with van der Waals surface area (Å²) in [6.07, 6.45) is -2.92. The van der Waals surface area contributed by atoms with Crippen molar-refractivity contribution in [3.05, 3.63) is 16.7 Å². The molecule has 0 amide bonds. The van der Waals surface area contributed by atoms with Gasteiger partial charge in [0.15, 0.2) is 17.4 Å². The molecule has 1 aliphatic heterocycles. The van der Waals surface area contributed by atoms with Gasteiger partial charge in [-0.25, -0.2) is 4.98 Å². The van der Waals surface area contributed by atoms with E-state index in [1.165, 1.54) is 18.0 Å². The Labute approximate surface area is 124 Å². The number of H-pyrrole nitrogens is 1. The van der Waals surface area contributed by atoms with Crippen molar-refractivity contribution in [1.82, 2.24) is 19.5 Å². The lowest BCUT2D eigenvalue weighted by molar-refractivity contribution is -0.0824. The Kier molecular flexibility index (Phi) is 3.60. The first-order chi connectivity index (χ1) is 10.4. The summed E-state index contributed by atoms with van der Waals surface area (Å²) in [7, 11) is 1.42. The number of nitrogens with two attached hydrogens (primary N) is 1. The molecule has 5 atom stereocenters. The van der Waals surface area contributed by atoms with Crippen LogP contribution >= 0.6 is 0 Å². The molecule has 2 aromatic rings. The number of methoxy groups -OCH3 is 1. The Hall–Kier alpha value is -2.01. The number of nitrogens with one attached hydrogen (secondary N) is 1. The van der Waals surface area contributed by atoms with Crippen molar-refractivity contribution in [3.63, 3.8) is 0 Å². The number of aromatic amines is 1. The number of nitrogens with zero attached hydrogens (tertiary/aromatic N) is 3. The number of aliphatic hydroxyl groups excluding tert-OH is 2. The highest BCUT2D eigenvalue weighted by molar-refractivity contribution is 5.70. The predicted octanol–water partition coefficient (Wildman–Crippen LogP) is -1.64. The number of fused-ring (bicyclic) bond motifs is 1. The van der Waals surface area contributed by atoms with E-state index >= 15 is 0 Å². The highest BCUT2D eigenvalue weighted by Crippen LogP contribution is 2.33. The van der Waals surface area contributed by atoms with Crippen LogP contribution in [0.1, 0.15) is 13.2 Å². The Balaban J connectivity index is 2.06. The van der Waals surface area contributed by atoms with Crippen molar-refractivity contribution >= 4 is 17.1 Å². The van der Waals surface area contributed by atoms with E-state index in [9.17, 15) is 15.0 Å². The van der Waals surface area contributed by atoms with Gasteiger partial charge in [0.05, 0.1) is 12.4 Å². The second-order valence-corrected chi connectivity index (χ2v) is 5.20. The number of rotatable bonds is 3. The molecule has 5 N–H and O–H groups in total. The normalized spacial score (nSPS) is 30.0. The first-order valence-electron chi connectivity index (χ1n) is 6.70. The number of hydrogen-bond donors (Lipinski definition) is 4. The maximum absolute atomic E-state index is 11.8. The van der Waals surface area contributed by atoms with Gasteiger partial charge >= 0.3 is 0 Å². The highest BCUT2D eigenvalue weighted by Gasteiger charge is 2.47. The first kappa shape index (κ1) is 14.9. The lowest BCUT2D eigenvalue weighted by Gasteiger charge is -2.20. The summed E-state index contributed by atoms with van der Waals surface area (Å²) >= 11 is 0. The molecule has 10 heteroatoms. The van der Waals surface area contributed by atoms with Gasteiger partial charge in [0.25, 0.3) is 5.56 Å². The second-order valence-electron chi connectivity index (χ2n) is 5.20. The third-order valence-electron chi connectivity index (χ3n) is 3.72. The Morgan fingerprint density at radius 1 is 1.59 bits per heavy atom. The van der Waals surface area contributed by atoms with E-state index in [-0.39, 0.29) is 17.1 Å². The molecule has 22 heavy (non-hydrogen) atoms. The predicted molar refractivity (Wildman–Crippen MR) is 75.0 cm³/mol. The van der Waals surface area contributed by atoms with Crippen molar-refractivity contribution < 1.29 is 19.7 Å². The van der Waals surface area contributed by atoms with Crippen molar-refractivity contribution in [2.45, 2.75) is 37.6 Å². The van der Waals surface area contributed by atoms with Crippen LogP contribution in [0, 0.1) is 0 Å². The maximum Gasteiger partial charge on any atom is 0.280 e. The third kappa shape index (κ3) is 2.16. The van der Waals surface area contributed by atoms with E-state index in [1.54, 1.807) is 6.92 Å². The number of nitrogen functional groups attached to an aromatic ring is 1. The SMILES string of the molecule is COC1C(O)C(n2cnc3c(=O)[nH]c(N)nc32)OC1C(C)O. The molecule has 10 nitrogen and oxygen atoms in total. The molecular formula is C12H17N5O5. The van der Waals surface area contributed by atoms with Gasteiger partial charge in [-0.05, 0) is 6.92 Å². The van der Waals surface area contributed by atoms with Crippen LogP contribution in [-0.2, 0) is 9.47 Å². The molecule has 0 aromatic carbocycles. The van der Waals surface area contributed by atoms with Gasteiger partial charge in [-0.2, -0.15) is 4.98 Å². The van der Waals surface area contributed by atoms with Gasteiger partial charge in [-0.15, -0.1) is 0 Å². The fourth-order valence-corrected chi connectivity index (χ4v) is 2.70. The van der Waals surface area contributed by atoms with Crippen LogP contribution in [0.3, 0.4) is 0 Å². The van der Waals surface area contributed by atoms with E-state index < -0.39 is 36.2 Å². The zero-order valence-corrected chi connectivity index (χ0v) is 12.0. The first-order valence-corrected chi connectivity index (χ1v) is 6.70. The Morgan fingerprint density at radius 2 is 2.32 bits per heavy atom. The molecular weight excluding hydrogens is 294 g/mol. The van der Waals surface area contributed by atoms with Crippen LogP contribution in [-0.4, -0.2) is 61.3 Å². The Morgan fingerprint density at radius 3 is 2.91 bits per heavy atom. The lowest BCUT2D eigenvalue weighted by Crippen LogP contribution is -2.38. The fourth-order valence-electron chi connectivity index (χ4n) is 2.70. The monoisotopic (exact) mass is 311 g/mol. The molecule has 0 radical (unpaired) electrons. The largest absolute Gasteiger partial charge is 0.391 e. The average Bonchev–Trinajstić information content (AvgIpc) is 2.99. The molecule has 3 rings (SSSR count). The topological polar surface area (TPSA) is 149 Å². The van der Waals surface area contributed by atoms with Crippen molar-refractivity contribution in [2.24, 2.45) is 0 Å². The summed E-state index contributed by atoms with van der Waals surface area (Å²) in [5.74, 6) is -0.0675. The summed E-state index contributed by atoms with van der Waals surface area (Å²) in [5.41, 5.74) is 5.33. The quantitative estimate of drug-likeness (QED) is 0.527. The minimum atomic E-state index is -1.07. The van der Waals surface area contributed by atoms with Crippen LogP contribution in [0.5, 0.6) is 0 Å². The van der Waals surface area contributed by atoms with E-state index in [0.717, 1.165) is 0 Å².